The number of oxime groups is 2. The molecule has 0 fully saturated rings. The van der Waals surface area contributed by atoms with Crippen molar-refractivity contribution < 1.29 is 9.68 Å². The van der Waals surface area contributed by atoms with Crippen LogP contribution in [-0.4, -0.2) is 18.2 Å². The molecule has 2 aliphatic rings. The predicted molar refractivity (Wildman–Crippen MR) is 98.9 cm³/mol. The average molecular weight is 334 g/mol. The molecule has 0 unspecified atom stereocenters. The molecule has 2 aromatic carbocycles. The Morgan fingerprint density at radius 1 is 0.640 bits per heavy atom. The van der Waals surface area contributed by atoms with Gasteiger partial charge >= 0.3 is 0 Å². The molecule has 2 aromatic rings. The van der Waals surface area contributed by atoms with Crippen molar-refractivity contribution in [2.24, 2.45) is 10.3 Å². The molecule has 0 spiro atoms. The van der Waals surface area contributed by atoms with Gasteiger partial charge in [0.05, 0.1) is 11.4 Å². The van der Waals surface area contributed by atoms with Crippen LogP contribution >= 0.6 is 0 Å². The summed E-state index contributed by atoms with van der Waals surface area (Å²) in [6.07, 6.45) is 6.33. The monoisotopic (exact) mass is 334 g/mol. The number of fused-ring (bicyclic) bond motifs is 2. The first kappa shape index (κ1) is 15.9. The van der Waals surface area contributed by atoms with Gasteiger partial charge in [-0.25, -0.2) is 0 Å². The lowest BCUT2D eigenvalue weighted by Crippen LogP contribution is -2.13. The van der Waals surface area contributed by atoms with Crippen molar-refractivity contribution >= 4 is 11.4 Å². The molecule has 0 atom stereocenters. The van der Waals surface area contributed by atoms with Gasteiger partial charge < -0.3 is 9.68 Å². The summed E-state index contributed by atoms with van der Waals surface area (Å²) in [5.41, 5.74) is 7.08. The van der Waals surface area contributed by atoms with Crippen molar-refractivity contribution in [2.45, 2.75) is 38.5 Å². The number of hydrogen-bond donors (Lipinski definition) is 0. The Balaban J connectivity index is 1.37. The number of hydrogen-bond acceptors (Lipinski definition) is 4. The van der Waals surface area contributed by atoms with E-state index in [0.29, 0.717) is 0 Å². The highest BCUT2D eigenvalue weighted by molar-refractivity contribution is 6.02. The molecule has 4 rings (SSSR count). The van der Waals surface area contributed by atoms with Crippen LogP contribution in [0.25, 0.3) is 0 Å². The minimum Gasteiger partial charge on any atom is -0.352 e. The van der Waals surface area contributed by atoms with Gasteiger partial charge in [0.15, 0.2) is 0 Å². The SMILES string of the molecule is c1ccc2c(c1)CCC/C2=N/OCO/N=C1/CCCc2ccccc21. The molecule has 0 amide bonds. The van der Waals surface area contributed by atoms with Crippen molar-refractivity contribution in [2.75, 3.05) is 6.79 Å². The molecule has 2 aliphatic carbocycles. The molecule has 0 heterocycles. The molecule has 4 heteroatoms. The van der Waals surface area contributed by atoms with Crippen LogP contribution in [0.5, 0.6) is 0 Å². The molecule has 0 bridgehead atoms. The standard InChI is InChI=1S/C21H22N2O2/c1-3-11-18-16(7-1)9-5-13-20(18)22-24-15-25-23-21-14-6-10-17-8-2-4-12-19(17)21/h1-4,7-8,11-12H,5-6,9-10,13-15H2/b22-20-,23-21-. The maximum atomic E-state index is 5.37. The van der Waals surface area contributed by atoms with Crippen LogP contribution in [0, 0.1) is 0 Å². The largest absolute Gasteiger partial charge is 0.352 e. The molecule has 0 saturated heterocycles. The van der Waals surface area contributed by atoms with Crippen molar-refractivity contribution in [3.05, 3.63) is 70.8 Å². The van der Waals surface area contributed by atoms with Gasteiger partial charge in [-0.2, -0.15) is 0 Å². The summed E-state index contributed by atoms with van der Waals surface area (Å²) in [5.74, 6) is 0. The summed E-state index contributed by atoms with van der Waals surface area (Å²) in [7, 11) is 0. The summed E-state index contributed by atoms with van der Waals surface area (Å²) >= 11 is 0. The van der Waals surface area contributed by atoms with Crippen molar-refractivity contribution in [3.63, 3.8) is 0 Å². The highest BCUT2D eigenvalue weighted by atomic mass is 16.8. The van der Waals surface area contributed by atoms with E-state index in [1.54, 1.807) is 0 Å². The highest BCUT2D eigenvalue weighted by Crippen LogP contribution is 2.22. The van der Waals surface area contributed by atoms with Crippen molar-refractivity contribution in [3.8, 4) is 0 Å². The van der Waals surface area contributed by atoms with Gasteiger partial charge in [0.1, 0.15) is 0 Å². The molecule has 0 radical (unpaired) electrons. The van der Waals surface area contributed by atoms with E-state index >= 15 is 0 Å². The Labute approximate surface area is 148 Å². The second-order valence-electron chi connectivity index (χ2n) is 6.47. The van der Waals surface area contributed by atoms with Gasteiger partial charge in [-0.05, 0) is 49.7 Å². The van der Waals surface area contributed by atoms with E-state index in [4.69, 9.17) is 9.68 Å². The third-order valence-corrected chi connectivity index (χ3v) is 4.83. The van der Waals surface area contributed by atoms with Crippen molar-refractivity contribution in [1.29, 1.82) is 0 Å². The Bertz CT molecular complexity index is 744. The highest BCUT2D eigenvalue weighted by Gasteiger charge is 2.16. The lowest BCUT2D eigenvalue weighted by Gasteiger charge is -2.17. The minimum atomic E-state index is 0.0390. The van der Waals surface area contributed by atoms with Gasteiger partial charge in [-0.15, -0.1) is 0 Å². The van der Waals surface area contributed by atoms with Crippen LogP contribution in [0.1, 0.15) is 47.9 Å². The Hall–Kier alpha value is -2.62. The summed E-state index contributed by atoms with van der Waals surface area (Å²) in [5, 5.41) is 8.55. The number of nitrogens with zero attached hydrogens (tertiary/aromatic N) is 2. The van der Waals surface area contributed by atoms with Gasteiger partial charge in [-0.1, -0.05) is 58.8 Å². The van der Waals surface area contributed by atoms with Crippen LogP contribution in [0.3, 0.4) is 0 Å². The second-order valence-corrected chi connectivity index (χ2v) is 6.47. The molecule has 4 nitrogen and oxygen atoms in total. The third kappa shape index (κ3) is 3.58. The second kappa shape index (κ2) is 7.51. The summed E-state index contributed by atoms with van der Waals surface area (Å²) in [4.78, 5) is 10.7. The van der Waals surface area contributed by atoms with Crippen LogP contribution in [0.2, 0.25) is 0 Å². The van der Waals surface area contributed by atoms with Crippen LogP contribution in [0.4, 0.5) is 0 Å². The molecule has 128 valence electrons. The Morgan fingerprint density at radius 3 is 1.64 bits per heavy atom. The fourth-order valence-corrected chi connectivity index (χ4v) is 3.62. The maximum Gasteiger partial charge on any atom is 0.280 e. The summed E-state index contributed by atoms with van der Waals surface area (Å²) in [6, 6.07) is 16.8. The van der Waals surface area contributed by atoms with Crippen LogP contribution < -0.4 is 0 Å². The molecule has 0 aliphatic heterocycles. The molecule has 0 aromatic heterocycles. The van der Waals surface area contributed by atoms with Gasteiger partial charge in [-0.3, -0.25) is 0 Å². The third-order valence-electron chi connectivity index (χ3n) is 4.83. The van der Waals surface area contributed by atoms with Crippen LogP contribution in [0.15, 0.2) is 58.8 Å². The fourth-order valence-electron chi connectivity index (χ4n) is 3.62. The van der Waals surface area contributed by atoms with Gasteiger partial charge in [0.2, 0.25) is 0 Å². The van der Waals surface area contributed by atoms with Gasteiger partial charge in [0.25, 0.3) is 6.79 Å². The molecule has 25 heavy (non-hydrogen) atoms. The van der Waals surface area contributed by atoms with Crippen LogP contribution in [-0.2, 0) is 22.5 Å². The lowest BCUT2D eigenvalue weighted by molar-refractivity contribution is -0.0508. The van der Waals surface area contributed by atoms with E-state index in [2.05, 4.69) is 46.7 Å². The topological polar surface area (TPSA) is 43.2 Å². The zero-order chi connectivity index (χ0) is 16.9. The molecule has 0 saturated carbocycles. The quantitative estimate of drug-likeness (QED) is 0.471. The zero-order valence-corrected chi connectivity index (χ0v) is 14.3. The number of aryl methyl sites for hydroxylation is 2. The average Bonchev–Trinajstić information content (AvgIpc) is 2.68. The minimum absolute atomic E-state index is 0.0390. The maximum absolute atomic E-state index is 5.37. The Morgan fingerprint density at radius 2 is 1.12 bits per heavy atom. The first-order valence-electron chi connectivity index (χ1n) is 8.96. The summed E-state index contributed by atoms with van der Waals surface area (Å²) < 4.78 is 0. The van der Waals surface area contributed by atoms with E-state index in [-0.39, 0.29) is 6.79 Å². The molecule has 0 N–H and O–H groups in total. The van der Waals surface area contributed by atoms with E-state index < -0.39 is 0 Å². The first-order valence-corrected chi connectivity index (χ1v) is 8.96. The van der Waals surface area contributed by atoms with Gasteiger partial charge in [0, 0.05) is 11.1 Å². The number of benzene rings is 2. The molecular weight excluding hydrogens is 312 g/mol. The molecular formula is C21H22N2O2. The number of rotatable bonds is 4. The summed E-state index contributed by atoms with van der Waals surface area (Å²) in [6.45, 7) is 0.0390. The van der Waals surface area contributed by atoms with E-state index in [1.807, 2.05) is 12.1 Å². The first-order chi connectivity index (χ1) is 12.4. The van der Waals surface area contributed by atoms with E-state index in [9.17, 15) is 0 Å². The lowest BCUT2D eigenvalue weighted by atomic mass is 9.90. The fraction of sp³-hybridized carbons (Fsp3) is 0.333. The zero-order valence-electron chi connectivity index (χ0n) is 14.3. The predicted octanol–water partition coefficient (Wildman–Crippen LogP) is 4.46. The van der Waals surface area contributed by atoms with E-state index in [1.165, 1.54) is 22.3 Å². The van der Waals surface area contributed by atoms with Crippen molar-refractivity contribution in [1.82, 2.24) is 0 Å². The smallest absolute Gasteiger partial charge is 0.280 e. The Kier molecular flexibility index (Phi) is 4.77. The normalized spacial score (nSPS) is 19.4. The van der Waals surface area contributed by atoms with E-state index in [0.717, 1.165) is 49.9 Å².